The summed E-state index contributed by atoms with van der Waals surface area (Å²) in [6.45, 7) is 2.47. The predicted octanol–water partition coefficient (Wildman–Crippen LogP) is 1.76. The van der Waals surface area contributed by atoms with Crippen molar-refractivity contribution in [1.29, 1.82) is 0 Å². The second kappa shape index (κ2) is 2.58. The van der Waals surface area contributed by atoms with Crippen LogP contribution >= 0.6 is 0 Å². The van der Waals surface area contributed by atoms with Crippen molar-refractivity contribution in [3.8, 4) is 0 Å². The van der Waals surface area contributed by atoms with Crippen LogP contribution in [-0.2, 0) is 12.8 Å². The Labute approximate surface area is 79.2 Å². The average Bonchev–Trinajstić information content (AvgIpc) is 2.15. The van der Waals surface area contributed by atoms with Gasteiger partial charge in [-0.1, -0.05) is 24.3 Å². The molecule has 1 nitrogen and oxygen atoms in total. The highest BCUT2D eigenvalue weighted by molar-refractivity contribution is 5.32. The van der Waals surface area contributed by atoms with Crippen molar-refractivity contribution >= 4 is 0 Å². The molecule has 1 saturated heterocycles. The third-order valence-electron chi connectivity index (χ3n) is 3.61. The molecule has 1 aromatic rings. The first-order valence-electron chi connectivity index (χ1n) is 5.16. The fourth-order valence-corrected chi connectivity index (χ4v) is 2.65. The van der Waals surface area contributed by atoms with Gasteiger partial charge in [0.2, 0.25) is 0 Å². The maximum atomic E-state index is 3.40. The molecule has 2 aliphatic rings. The minimum atomic E-state index is 0.633. The lowest BCUT2D eigenvalue weighted by Crippen LogP contribution is -2.56. The lowest BCUT2D eigenvalue weighted by Gasteiger charge is -2.46. The van der Waals surface area contributed by atoms with Gasteiger partial charge in [-0.25, -0.2) is 0 Å². The fourth-order valence-electron chi connectivity index (χ4n) is 2.65. The van der Waals surface area contributed by atoms with Crippen molar-refractivity contribution in [3.63, 3.8) is 0 Å². The molecule has 68 valence electrons. The molecule has 1 heterocycles. The number of aryl methyl sites for hydroxylation is 1. The van der Waals surface area contributed by atoms with Gasteiger partial charge >= 0.3 is 0 Å². The van der Waals surface area contributed by atoms with Crippen LogP contribution < -0.4 is 5.32 Å². The number of benzene rings is 1. The molecule has 13 heavy (non-hydrogen) atoms. The molecule has 0 unspecified atom stereocenters. The van der Waals surface area contributed by atoms with Crippen LogP contribution in [0.15, 0.2) is 24.3 Å². The summed E-state index contributed by atoms with van der Waals surface area (Å²) in [6, 6.07) is 8.92. The summed E-state index contributed by atoms with van der Waals surface area (Å²) in [5.74, 6) is 0. The molecule has 1 aromatic carbocycles. The largest absolute Gasteiger partial charge is 0.316 e. The van der Waals surface area contributed by atoms with Gasteiger partial charge in [0.25, 0.3) is 0 Å². The van der Waals surface area contributed by atoms with Crippen LogP contribution in [0.25, 0.3) is 0 Å². The fraction of sp³-hybridized carbons (Fsp3) is 0.500. The van der Waals surface area contributed by atoms with Crippen molar-refractivity contribution in [2.45, 2.75) is 19.3 Å². The van der Waals surface area contributed by atoms with Crippen LogP contribution in [0, 0.1) is 5.41 Å². The molecular formula is C12H15N. The molecule has 3 rings (SSSR count). The third kappa shape index (κ3) is 1.11. The first kappa shape index (κ1) is 7.57. The quantitative estimate of drug-likeness (QED) is 0.630. The van der Waals surface area contributed by atoms with Gasteiger partial charge in [-0.05, 0) is 35.8 Å². The lowest BCUT2D eigenvalue weighted by atomic mass is 9.68. The average molecular weight is 173 g/mol. The van der Waals surface area contributed by atoms with E-state index in [0.717, 1.165) is 0 Å². The Kier molecular flexibility index (Phi) is 1.50. The van der Waals surface area contributed by atoms with E-state index in [2.05, 4.69) is 29.6 Å². The van der Waals surface area contributed by atoms with Crippen LogP contribution in [0.2, 0.25) is 0 Å². The van der Waals surface area contributed by atoms with Gasteiger partial charge in [-0.15, -0.1) is 0 Å². The van der Waals surface area contributed by atoms with Crippen molar-refractivity contribution < 1.29 is 0 Å². The molecule has 1 heteroatoms. The number of nitrogens with one attached hydrogen (secondary N) is 1. The van der Waals surface area contributed by atoms with Gasteiger partial charge in [0.1, 0.15) is 0 Å². The van der Waals surface area contributed by atoms with Crippen molar-refractivity contribution in [3.05, 3.63) is 35.4 Å². The molecule has 0 saturated carbocycles. The van der Waals surface area contributed by atoms with E-state index < -0.39 is 0 Å². The van der Waals surface area contributed by atoms with Crippen molar-refractivity contribution in [1.82, 2.24) is 5.32 Å². The first-order valence-corrected chi connectivity index (χ1v) is 5.16. The smallest absolute Gasteiger partial charge is 0.00235 e. The summed E-state index contributed by atoms with van der Waals surface area (Å²) in [4.78, 5) is 0. The van der Waals surface area contributed by atoms with E-state index in [4.69, 9.17) is 0 Å². The normalized spacial score (nSPS) is 23.7. The Balaban J connectivity index is 1.94. The zero-order valence-corrected chi connectivity index (χ0v) is 7.84. The number of hydrogen-bond acceptors (Lipinski definition) is 1. The van der Waals surface area contributed by atoms with Gasteiger partial charge < -0.3 is 5.32 Å². The second-order valence-corrected chi connectivity index (χ2v) is 4.55. The van der Waals surface area contributed by atoms with Gasteiger partial charge in [0, 0.05) is 13.1 Å². The van der Waals surface area contributed by atoms with E-state index in [1.165, 1.54) is 32.4 Å². The molecule has 1 aliphatic carbocycles. The van der Waals surface area contributed by atoms with Crippen molar-refractivity contribution in [2.24, 2.45) is 5.41 Å². The zero-order valence-electron chi connectivity index (χ0n) is 7.84. The lowest BCUT2D eigenvalue weighted by molar-refractivity contribution is 0.143. The minimum Gasteiger partial charge on any atom is -0.316 e. The van der Waals surface area contributed by atoms with Crippen LogP contribution in [-0.4, -0.2) is 13.1 Å². The van der Waals surface area contributed by atoms with E-state index in [1.54, 1.807) is 11.1 Å². The molecule has 1 spiro atoms. The zero-order chi connectivity index (χ0) is 8.73. The van der Waals surface area contributed by atoms with Gasteiger partial charge in [0.05, 0.1) is 0 Å². The monoisotopic (exact) mass is 173 g/mol. The summed E-state index contributed by atoms with van der Waals surface area (Å²) in [7, 11) is 0. The van der Waals surface area contributed by atoms with E-state index in [0.29, 0.717) is 5.41 Å². The number of hydrogen-bond donors (Lipinski definition) is 1. The highest BCUT2D eigenvalue weighted by Gasteiger charge is 2.39. The topological polar surface area (TPSA) is 12.0 Å². The second-order valence-electron chi connectivity index (χ2n) is 4.55. The SMILES string of the molecule is c1ccc2c(c1)CCC1(CNC1)C2. The summed E-state index contributed by atoms with van der Waals surface area (Å²) in [5, 5.41) is 3.40. The Morgan fingerprint density at radius 1 is 1.08 bits per heavy atom. The predicted molar refractivity (Wildman–Crippen MR) is 53.8 cm³/mol. The van der Waals surface area contributed by atoms with E-state index >= 15 is 0 Å². The van der Waals surface area contributed by atoms with Gasteiger partial charge in [-0.2, -0.15) is 0 Å². The summed E-state index contributed by atoms with van der Waals surface area (Å²) in [6.07, 6.45) is 3.98. The van der Waals surface area contributed by atoms with Crippen LogP contribution in [0.4, 0.5) is 0 Å². The third-order valence-corrected chi connectivity index (χ3v) is 3.61. The summed E-state index contributed by atoms with van der Waals surface area (Å²) in [5.41, 5.74) is 3.81. The summed E-state index contributed by atoms with van der Waals surface area (Å²) >= 11 is 0. The van der Waals surface area contributed by atoms with E-state index in [1.807, 2.05) is 0 Å². The molecule has 1 fully saturated rings. The number of fused-ring (bicyclic) bond motifs is 1. The standard InChI is InChI=1S/C12H15N/c1-2-4-11-7-12(8-13-9-12)6-5-10(11)3-1/h1-4,13H,5-9H2. The Hall–Kier alpha value is -0.820. The summed E-state index contributed by atoms with van der Waals surface area (Å²) < 4.78 is 0. The molecule has 0 bridgehead atoms. The maximum absolute atomic E-state index is 3.40. The van der Waals surface area contributed by atoms with Crippen molar-refractivity contribution in [2.75, 3.05) is 13.1 Å². The molecule has 1 N–H and O–H groups in total. The Bertz CT molecular complexity index is 326. The van der Waals surface area contributed by atoms with Crippen LogP contribution in [0.5, 0.6) is 0 Å². The van der Waals surface area contributed by atoms with Crippen LogP contribution in [0.1, 0.15) is 17.5 Å². The van der Waals surface area contributed by atoms with Crippen LogP contribution in [0.3, 0.4) is 0 Å². The molecule has 0 atom stereocenters. The Morgan fingerprint density at radius 3 is 2.54 bits per heavy atom. The highest BCUT2D eigenvalue weighted by atomic mass is 15.0. The Morgan fingerprint density at radius 2 is 1.85 bits per heavy atom. The molecular weight excluding hydrogens is 158 g/mol. The molecule has 1 aliphatic heterocycles. The minimum absolute atomic E-state index is 0.633. The van der Waals surface area contributed by atoms with Gasteiger partial charge in [0.15, 0.2) is 0 Å². The highest BCUT2D eigenvalue weighted by Crippen LogP contribution is 2.38. The number of rotatable bonds is 0. The van der Waals surface area contributed by atoms with Gasteiger partial charge in [-0.3, -0.25) is 0 Å². The molecule has 0 amide bonds. The maximum Gasteiger partial charge on any atom is 0.00235 e. The van der Waals surface area contributed by atoms with E-state index in [9.17, 15) is 0 Å². The first-order chi connectivity index (χ1) is 6.38. The van der Waals surface area contributed by atoms with E-state index in [-0.39, 0.29) is 0 Å². The molecule has 0 aromatic heterocycles. The molecule has 0 radical (unpaired) electrons.